The second-order valence-corrected chi connectivity index (χ2v) is 7.61. The van der Waals surface area contributed by atoms with Crippen LogP contribution in [0.3, 0.4) is 0 Å². The SMILES string of the molecule is COC1CCN(c2nc3c(s2)C(=O)CC(C)(C)C3)CC1. The number of thiazole rings is 1. The fourth-order valence-electron chi connectivity index (χ4n) is 3.13. The molecule has 2 aliphatic rings. The monoisotopic (exact) mass is 294 g/mol. The highest BCUT2D eigenvalue weighted by Crippen LogP contribution is 2.39. The number of anilines is 1. The summed E-state index contributed by atoms with van der Waals surface area (Å²) >= 11 is 1.58. The van der Waals surface area contributed by atoms with E-state index in [1.165, 1.54) is 0 Å². The van der Waals surface area contributed by atoms with Crippen molar-refractivity contribution in [2.75, 3.05) is 25.1 Å². The zero-order chi connectivity index (χ0) is 14.3. The van der Waals surface area contributed by atoms with Crippen LogP contribution < -0.4 is 4.90 Å². The number of Topliss-reactive ketones (excluding diaryl/α,β-unsaturated/α-hetero) is 1. The Morgan fingerprint density at radius 2 is 2.00 bits per heavy atom. The normalized spacial score (nSPS) is 22.9. The van der Waals surface area contributed by atoms with Crippen LogP contribution in [0.25, 0.3) is 0 Å². The lowest BCUT2D eigenvalue weighted by Gasteiger charge is -2.30. The minimum Gasteiger partial charge on any atom is -0.381 e. The van der Waals surface area contributed by atoms with Crippen molar-refractivity contribution in [2.24, 2.45) is 5.41 Å². The predicted octanol–water partition coefficient (Wildman–Crippen LogP) is 2.91. The van der Waals surface area contributed by atoms with Gasteiger partial charge < -0.3 is 9.64 Å². The zero-order valence-electron chi connectivity index (χ0n) is 12.4. The minimum absolute atomic E-state index is 0.0540. The molecule has 0 atom stereocenters. The van der Waals surface area contributed by atoms with Gasteiger partial charge in [-0.05, 0) is 24.7 Å². The molecular weight excluding hydrogens is 272 g/mol. The summed E-state index contributed by atoms with van der Waals surface area (Å²) < 4.78 is 5.40. The van der Waals surface area contributed by atoms with Crippen molar-refractivity contribution in [1.82, 2.24) is 4.98 Å². The van der Waals surface area contributed by atoms with E-state index in [0.29, 0.717) is 12.5 Å². The summed E-state index contributed by atoms with van der Waals surface area (Å²) in [6.45, 7) is 6.25. The summed E-state index contributed by atoms with van der Waals surface area (Å²) in [7, 11) is 1.78. The molecule has 1 saturated heterocycles. The molecule has 0 bridgehead atoms. The number of fused-ring (bicyclic) bond motifs is 1. The highest BCUT2D eigenvalue weighted by atomic mass is 32.1. The van der Waals surface area contributed by atoms with Crippen LogP contribution >= 0.6 is 11.3 Å². The molecule has 0 aromatic carbocycles. The van der Waals surface area contributed by atoms with E-state index in [-0.39, 0.29) is 11.2 Å². The highest BCUT2D eigenvalue weighted by Gasteiger charge is 2.34. The molecule has 1 fully saturated rings. The number of ketones is 1. The third kappa shape index (κ3) is 2.61. The molecule has 0 amide bonds. The van der Waals surface area contributed by atoms with Crippen molar-refractivity contribution in [3.8, 4) is 0 Å². The van der Waals surface area contributed by atoms with Gasteiger partial charge in [-0.15, -0.1) is 0 Å². The van der Waals surface area contributed by atoms with Gasteiger partial charge in [0.25, 0.3) is 0 Å². The fourth-order valence-corrected chi connectivity index (χ4v) is 4.20. The molecule has 0 N–H and O–H groups in total. The van der Waals surface area contributed by atoms with E-state index in [2.05, 4.69) is 18.7 Å². The van der Waals surface area contributed by atoms with E-state index >= 15 is 0 Å². The molecule has 1 aliphatic heterocycles. The molecular formula is C15H22N2O2S. The number of piperidine rings is 1. The van der Waals surface area contributed by atoms with Gasteiger partial charge in [-0.3, -0.25) is 4.79 Å². The van der Waals surface area contributed by atoms with Crippen LogP contribution in [-0.2, 0) is 11.2 Å². The number of rotatable bonds is 2. The van der Waals surface area contributed by atoms with Crippen LogP contribution in [0.2, 0.25) is 0 Å². The van der Waals surface area contributed by atoms with Gasteiger partial charge in [-0.1, -0.05) is 25.2 Å². The number of ether oxygens (including phenoxy) is 1. The molecule has 110 valence electrons. The number of hydrogen-bond donors (Lipinski definition) is 0. The van der Waals surface area contributed by atoms with Crippen LogP contribution in [0.4, 0.5) is 5.13 Å². The van der Waals surface area contributed by atoms with Crippen molar-refractivity contribution >= 4 is 22.3 Å². The number of aromatic nitrogens is 1. The van der Waals surface area contributed by atoms with Gasteiger partial charge in [0.05, 0.1) is 16.7 Å². The van der Waals surface area contributed by atoms with Crippen molar-refractivity contribution in [3.05, 3.63) is 10.6 Å². The molecule has 1 aliphatic carbocycles. The third-order valence-electron chi connectivity index (χ3n) is 4.27. The van der Waals surface area contributed by atoms with Gasteiger partial charge in [-0.2, -0.15) is 0 Å². The first-order valence-electron chi connectivity index (χ1n) is 7.29. The highest BCUT2D eigenvalue weighted by molar-refractivity contribution is 7.17. The third-order valence-corrected chi connectivity index (χ3v) is 5.47. The number of methoxy groups -OCH3 is 1. The van der Waals surface area contributed by atoms with E-state index in [9.17, 15) is 4.79 Å². The maximum atomic E-state index is 12.2. The van der Waals surface area contributed by atoms with Crippen LogP contribution in [0.1, 0.15) is 48.5 Å². The maximum Gasteiger partial charge on any atom is 0.186 e. The van der Waals surface area contributed by atoms with Gasteiger partial charge in [0.2, 0.25) is 0 Å². The molecule has 5 heteroatoms. The minimum atomic E-state index is 0.0540. The lowest BCUT2D eigenvalue weighted by Crippen LogP contribution is -2.36. The van der Waals surface area contributed by atoms with Crippen molar-refractivity contribution in [1.29, 1.82) is 0 Å². The second kappa shape index (κ2) is 5.11. The number of hydrogen-bond acceptors (Lipinski definition) is 5. The Balaban J connectivity index is 1.79. The summed E-state index contributed by atoms with van der Waals surface area (Å²) in [6, 6.07) is 0. The fraction of sp³-hybridized carbons (Fsp3) is 0.733. The number of carbonyl (C=O) groups excluding carboxylic acids is 1. The molecule has 3 rings (SSSR count). The van der Waals surface area contributed by atoms with Crippen LogP contribution in [0, 0.1) is 5.41 Å². The first kappa shape index (κ1) is 14.0. The van der Waals surface area contributed by atoms with Gasteiger partial charge in [0.1, 0.15) is 0 Å². The zero-order valence-corrected chi connectivity index (χ0v) is 13.3. The Labute approximate surface area is 124 Å². The molecule has 4 nitrogen and oxygen atoms in total. The average Bonchev–Trinajstić information content (AvgIpc) is 2.81. The van der Waals surface area contributed by atoms with Gasteiger partial charge in [0, 0.05) is 26.6 Å². The number of carbonyl (C=O) groups is 1. The lowest BCUT2D eigenvalue weighted by molar-refractivity contribution is 0.0819. The largest absolute Gasteiger partial charge is 0.381 e. The van der Waals surface area contributed by atoms with Crippen molar-refractivity contribution in [2.45, 2.75) is 45.6 Å². The molecule has 1 aromatic heterocycles. The summed E-state index contributed by atoms with van der Waals surface area (Å²) in [4.78, 5) is 20.2. The van der Waals surface area contributed by atoms with Gasteiger partial charge in [0.15, 0.2) is 10.9 Å². The molecule has 20 heavy (non-hydrogen) atoms. The summed E-state index contributed by atoms with van der Waals surface area (Å²) in [5.74, 6) is 0.270. The molecule has 0 unspecified atom stereocenters. The Morgan fingerprint density at radius 3 is 2.65 bits per heavy atom. The van der Waals surface area contributed by atoms with E-state index < -0.39 is 0 Å². The quantitative estimate of drug-likeness (QED) is 0.841. The molecule has 2 heterocycles. The smallest absolute Gasteiger partial charge is 0.186 e. The first-order valence-corrected chi connectivity index (χ1v) is 8.11. The topological polar surface area (TPSA) is 42.4 Å². The first-order chi connectivity index (χ1) is 9.48. The molecule has 0 spiro atoms. The summed E-state index contributed by atoms with van der Waals surface area (Å²) in [5.41, 5.74) is 1.07. The van der Waals surface area contributed by atoms with Crippen LogP contribution in [-0.4, -0.2) is 37.1 Å². The van der Waals surface area contributed by atoms with E-state index in [0.717, 1.165) is 48.1 Å². The Bertz CT molecular complexity index is 516. The Kier molecular flexibility index (Phi) is 3.58. The predicted molar refractivity (Wildman–Crippen MR) is 80.8 cm³/mol. The second-order valence-electron chi connectivity index (χ2n) is 6.64. The van der Waals surface area contributed by atoms with Crippen molar-refractivity contribution < 1.29 is 9.53 Å². The van der Waals surface area contributed by atoms with Gasteiger partial charge in [-0.25, -0.2) is 4.98 Å². The van der Waals surface area contributed by atoms with Crippen LogP contribution in [0.5, 0.6) is 0 Å². The summed E-state index contributed by atoms with van der Waals surface area (Å²) in [5, 5.41) is 1.02. The van der Waals surface area contributed by atoms with E-state index in [1.54, 1.807) is 18.4 Å². The van der Waals surface area contributed by atoms with Crippen LogP contribution in [0.15, 0.2) is 0 Å². The van der Waals surface area contributed by atoms with Gasteiger partial charge >= 0.3 is 0 Å². The standard InChI is InChI=1S/C15H22N2O2S/c1-15(2)8-11-13(12(18)9-15)20-14(16-11)17-6-4-10(19-3)5-7-17/h10H,4-9H2,1-3H3. The lowest BCUT2D eigenvalue weighted by atomic mass is 9.78. The molecule has 0 saturated carbocycles. The van der Waals surface area contributed by atoms with E-state index in [4.69, 9.17) is 9.72 Å². The molecule has 1 aromatic rings. The molecule has 0 radical (unpaired) electrons. The average molecular weight is 294 g/mol. The Hall–Kier alpha value is -0.940. The number of nitrogens with zero attached hydrogens (tertiary/aromatic N) is 2. The Morgan fingerprint density at radius 1 is 1.30 bits per heavy atom. The maximum absolute atomic E-state index is 12.2. The summed E-state index contributed by atoms with van der Waals surface area (Å²) in [6.07, 6.45) is 4.02. The van der Waals surface area contributed by atoms with Crippen molar-refractivity contribution in [3.63, 3.8) is 0 Å². The van der Waals surface area contributed by atoms with E-state index in [1.807, 2.05) is 0 Å².